The quantitative estimate of drug-likeness (QED) is 0.892. The molecule has 21 heavy (non-hydrogen) atoms. The van der Waals surface area contributed by atoms with Crippen molar-refractivity contribution in [2.45, 2.75) is 19.9 Å². The summed E-state index contributed by atoms with van der Waals surface area (Å²) < 4.78 is 1.09. The predicted molar refractivity (Wildman–Crippen MR) is 88.8 cm³/mol. The van der Waals surface area contributed by atoms with Crippen LogP contribution in [0.15, 0.2) is 34.9 Å². The summed E-state index contributed by atoms with van der Waals surface area (Å²) in [5.41, 5.74) is 8.35. The van der Waals surface area contributed by atoms with Crippen LogP contribution in [-0.4, -0.2) is 34.5 Å². The Kier molecular flexibility index (Phi) is 4.15. The predicted octanol–water partition coefficient (Wildman–Crippen LogP) is 3.01. The first-order valence-electron chi connectivity index (χ1n) is 7.30. The molecule has 1 aliphatic rings. The highest BCUT2D eigenvalue weighted by molar-refractivity contribution is 9.10. The summed E-state index contributed by atoms with van der Waals surface area (Å²) in [5, 5.41) is 0. The van der Waals surface area contributed by atoms with Crippen LogP contribution in [-0.2, 0) is 6.54 Å². The second-order valence-corrected chi connectivity index (χ2v) is 7.14. The lowest BCUT2D eigenvalue weighted by molar-refractivity contribution is 0.270. The van der Waals surface area contributed by atoms with E-state index in [-0.39, 0.29) is 5.41 Å². The van der Waals surface area contributed by atoms with Gasteiger partial charge in [0.25, 0.3) is 0 Å². The van der Waals surface area contributed by atoms with Crippen LogP contribution in [0.25, 0.3) is 11.3 Å². The number of aromatic nitrogens is 2. The van der Waals surface area contributed by atoms with E-state index >= 15 is 0 Å². The van der Waals surface area contributed by atoms with Crippen molar-refractivity contribution in [2.75, 3.05) is 19.6 Å². The van der Waals surface area contributed by atoms with Gasteiger partial charge < -0.3 is 10.7 Å². The Morgan fingerprint density at radius 3 is 2.81 bits per heavy atom. The van der Waals surface area contributed by atoms with Crippen LogP contribution in [0, 0.1) is 5.41 Å². The number of H-pyrrole nitrogens is 1. The van der Waals surface area contributed by atoms with Gasteiger partial charge in [-0.15, -0.1) is 0 Å². The van der Waals surface area contributed by atoms with Crippen LogP contribution >= 0.6 is 15.9 Å². The van der Waals surface area contributed by atoms with E-state index in [2.05, 4.69) is 49.9 Å². The molecule has 1 aromatic heterocycles. The van der Waals surface area contributed by atoms with Crippen molar-refractivity contribution in [1.82, 2.24) is 14.9 Å². The SMILES string of the molecule is CC1(CN)CCN(Cc2ncc(-c3ccc(Br)cc3)[nH]2)C1. The number of rotatable bonds is 4. The first kappa shape index (κ1) is 14.8. The van der Waals surface area contributed by atoms with E-state index < -0.39 is 0 Å². The standard InChI is InChI=1S/C16H21BrN4/c1-16(10-18)6-7-21(11-16)9-15-19-8-14(20-15)12-2-4-13(17)5-3-12/h2-5,8H,6-7,9-11,18H2,1H3,(H,19,20). The molecule has 112 valence electrons. The lowest BCUT2D eigenvalue weighted by Gasteiger charge is -2.22. The lowest BCUT2D eigenvalue weighted by Crippen LogP contribution is -2.31. The van der Waals surface area contributed by atoms with Crippen molar-refractivity contribution >= 4 is 15.9 Å². The molecule has 0 aliphatic carbocycles. The molecule has 3 N–H and O–H groups in total. The van der Waals surface area contributed by atoms with Crippen LogP contribution in [0.3, 0.4) is 0 Å². The largest absolute Gasteiger partial charge is 0.341 e. The fourth-order valence-electron chi connectivity index (χ4n) is 2.86. The maximum Gasteiger partial charge on any atom is 0.120 e. The van der Waals surface area contributed by atoms with Gasteiger partial charge in [0.1, 0.15) is 5.82 Å². The van der Waals surface area contributed by atoms with Gasteiger partial charge in [0.05, 0.1) is 18.4 Å². The zero-order valence-electron chi connectivity index (χ0n) is 12.3. The molecule has 1 atom stereocenters. The zero-order valence-corrected chi connectivity index (χ0v) is 13.9. The molecule has 0 amide bonds. The van der Waals surface area contributed by atoms with E-state index in [0.717, 1.165) is 47.7 Å². The van der Waals surface area contributed by atoms with Crippen molar-refractivity contribution < 1.29 is 0 Å². The van der Waals surface area contributed by atoms with E-state index in [9.17, 15) is 0 Å². The van der Waals surface area contributed by atoms with E-state index in [0.29, 0.717) is 0 Å². The van der Waals surface area contributed by atoms with Gasteiger partial charge in [0, 0.05) is 11.0 Å². The molecule has 4 nitrogen and oxygen atoms in total. The number of nitrogens with zero attached hydrogens (tertiary/aromatic N) is 2. The van der Waals surface area contributed by atoms with E-state index in [1.807, 2.05) is 18.3 Å². The Labute approximate surface area is 133 Å². The molecule has 1 aliphatic heterocycles. The van der Waals surface area contributed by atoms with Gasteiger partial charge in [-0.25, -0.2) is 4.98 Å². The number of benzene rings is 1. The minimum Gasteiger partial charge on any atom is -0.341 e. The van der Waals surface area contributed by atoms with Gasteiger partial charge in [-0.2, -0.15) is 0 Å². The molecule has 3 rings (SSSR count). The number of aromatic amines is 1. The Morgan fingerprint density at radius 2 is 2.14 bits per heavy atom. The molecule has 1 saturated heterocycles. The third-order valence-corrected chi connectivity index (χ3v) is 4.82. The van der Waals surface area contributed by atoms with Gasteiger partial charge in [-0.05, 0) is 42.6 Å². The van der Waals surface area contributed by atoms with Gasteiger partial charge in [-0.1, -0.05) is 35.0 Å². The molecule has 1 unspecified atom stereocenters. The van der Waals surface area contributed by atoms with E-state index in [1.165, 1.54) is 6.42 Å². The van der Waals surface area contributed by atoms with Gasteiger partial charge in [0.15, 0.2) is 0 Å². The molecule has 2 heterocycles. The normalized spacial score (nSPS) is 22.8. The van der Waals surface area contributed by atoms with E-state index in [4.69, 9.17) is 5.73 Å². The summed E-state index contributed by atoms with van der Waals surface area (Å²) in [5.74, 6) is 1.02. The van der Waals surface area contributed by atoms with Crippen LogP contribution in [0.5, 0.6) is 0 Å². The summed E-state index contributed by atoms with van der Waals surface area (Å²) in [6, 6.07) is 8.26. The number of imidazole rings is 1. The van der Waals surface area contributed by atoms with Crippen LogP contribution in [0.2, 0.25) is 0 Å². The van der Waals surface area contributed by atoms with Crippen molar-refractivity contribution in [1.29, 1.82) is 0 Å². The molecular weight excluding hydrogens is 328 g/mol. The number of likely N-dealkylation sites (tertiary alicyclic amines) is 1. The zero-order chi connectivity index (χ0) is 14.9. The van der Waals surface area contributed by atoms with Crippen molar-refractivity contribution in [2.24, 2.45) is 11.1 Å². The highest BCUT2D eigenvalue weighted by atomic mass is 79.9. The highest BCUT2D eigenvalue weighted by Gasteiger charge is 2.32. The maximum atomic E-state index is 5.86. The maximum absolute atomic E-state index is 5.86. The third-order valence-electron chi connectivity index (χ3n) is 4.29. The average molecular weight is 349 g/mol. The Hall–Kier alpha value is -1.17. The number of halogens is 1. The van der Waals surface area contributed by atoms with Gasteiger partial charge in [-0.3, -0.25) is 4.90 Å². The molecule has 0 spiro atoms. The van der Waals surface area contributed by atoms with Gasteiger partial charge >= 0.3 is 0 Å². The second kappa shape index (κ2) is 5.91. The first-order valence-corrected chi connectivity index (χ1v) is 8.09. The molecule has 0 radical (unpaired) electrons. The van der Waals surface area contributed by atoms with Crippen LogP contribution in [0.4, 0.5) is 0 Å². The molecule has 2 aromatic rings. The summed E-state index contributed by atoms with van der Waals surface area (Å²) in [4.78, 5) is 10.4. The number of nitrogens with one attached hydrogen (secondary N) is 1. The molecule has 0 saturated carbocycles. The first-order chi connectivity index (χ1) is 10.1. The molecular formula is C16H21BrN4. The van der Waals surface area contributed by atoms with Crippen molar-refractivity contribution in [3.63, 3.8) is 0 Å². The fourth-order valence-corrected chi connectivity index (χ4v) is 3.12. The van der Waals surface area contributed by atoms with E-state index in [1.54, 1.807) is 0 Å². The fraction of sp³-hybridized carbons (Fsp3) is 0.438. The third kappa shape index (κ3) is 3.36. The smallest absolute Gasteiger partial charge is 0.120 e. The number of hydrogen-bond donors (Lipinski definition) is 2. The van der Waals surface area contributed by atoms with Crippen LogP contribution in [0.1, 0.15) is 19.2 Å². The lowest BCUT2D eigenvalue weighted by atomic mass is 9.90. The summed E-state index contributed by atoms with van der Waals surface area (Å²) in [6.45, 7) is 6.04. The number of nitrogens with two attached hydrogens (primary N) is 1. The average Bonchev–Trinajstić information content (AvgIpc) is 3.08. The molecule has 1 aromatic carbocycles. The van der Waals surface area contributed by atoms with Gasteiger partial charge in [0.2, 0.25) is 0 Å². The minimum atomic E-state index is 0.265. The Balaban J connectivity index is 1.67. The van der Waals surface area contributed by atoms with Crippen molar-refractivity contribution in [3.8, 4) is 11.3 Å². The monoisotopic (exact) mass is 348 g/mol. The van der Waals surface area contributed by atoms with Crippen LogP contribution < -0.4 is 5.73 Å². The summed E-state index contributed by atoms with van der Waals surface area (Å²) >= 11 is 3.46. The topological polar surface area (TPSA) is 57.9 Å². The Morgan fingerprint density at radius 1 is 1.38 bits per heavy atom. The summed E-state index contributed by atoms with van der Waals surface area (Å²) in [6.07, 6.45) is 3.08. The second-order valence-electron chi connectivity index (χ2n) is 6.23. The minimum absolute atomic E-state index is 0.265. The number of hydrogen-bond acceptors (Lipinski definition) is 3. The Bertz CT molecular complexity index is 607. The summed E-state index contributed by atoms with van der Waals surface area (Å²) in [7, 11) is 0. The molecule has 1 fully saturated rings. The molecule has 0 bridgehead atoms. The molecule has 5 heteroatoms. The van der Waals surface area contributed by atoms with Crippen molar-refractivity contribution in [3.05, 3.63) is 40.8 Å². The highest BCUT2D eigenvalue weighted by Crippen LogP contribution is 2.29.